The number of methoxy groups -OCH3 is 1. The van der Waals surface area contributed by atoms with Gasteiger partial charge in [0.2, 0.25) is 12.2 Å². The normalized spacial score (nSPS) is 19.2. The highest BCUT2D eigenvalue weighted by atomic mass is 16.7. The largest absolute Gasteiger partial charge is 0.497 e. The summed E-state index contributed by atoms with van der Waals surface area (Å²) in [4.78, 5) is 25.0. The standard InChI is InChI=1S/C18H22N2O5/c1-5-24-14-10-13(11-6-8-12(23-4)9-7-11)15-16(21)19(2)18(22)20(3)17(15)25-14/h6-9,13-14H,5,10H2,1-4H3. The predicted molar refractivity (Wildman–Crippen MR) is 92.4 cm³/mol. The van der Waals surface area contributed by atoms with Gasteiger partial charge in [0.05, 0.1) is 12.7 Å². The summed E-state index contributed by atoms with van der Waals surface area (Å²) in [6.07, 6.45) is -0.0111. The van der Waals surface area contributed by atoms with Gasteiger partial charge in [-0.05, 0) is 24.6 Å². The molecule has 2 heterocycles. The van der Waals surface area contributed by atoms with Crippen LogP contribution in [0.2, 0.25) is 0 Å². The fourth-order valence-electron chi connectivity index (χ4n) is 3.20. The van der Waals surface area contributed by atoms with Crippen LogP contribution in [0.25, 0.3) is 0 Å². The molecular formula is C18H22N2O5. The molecule has 2 atom stereocenters. The SMILES string of the molecule is CCOC1CC(c2ccc(OC)cc2)c2c(n(C)c(=O)n(C)c2=O)O1. The molecule has 0 amide bonds. The first kappa shape index (κ1) is 17.3. The van der Waals surface area contributed by atoms with Crippen LogP contribution in [0.15, 0.2) is 33.9 Å². The summed E-state index contributed by atoms with van der Waals surface area (Å²) in [5, 5.41) is 0. The van der Waals surface area contributed by atoms with Gasteiger partial charge in [0.1, 0.15) is 5.75 Å². The lowest BCUT2D eigenvalue weighted by molar-refractivity contribution is -0.0943. The molecule has 0 fully saturated rings. The van der Waals surface area contributed by atoms with E-state index in [-0.39, 0.29) is 17.4 Å². The molecule has 7 nitrogen and oxygen atoms in total. The second-order valence-electron chi connectivity index (χ2n) is 5.99. The lowest BCUT2D eigenvalue weighted by Gasteiger charge is -2.32. The molecule has 0 saturated carbocycles. The molecule has 1 aromatic carbocycles. The van der Waals surface area contributed by atoms with Crippen molar-refractivity contribution >= 4 is 0 Å². The molecule has 134 valence electrons. The summed E-state index contributed by atoms with van der Waals surface area (Å²) in [5.74, 6) is 0.793. The van der Waals surface area contributed by atoms with Crippen molar-refractivity contribution in [3.8, 4) is 11.6 Å². The zero-order valence-electron chi connectivity index (χ0n) is 14.8. The molecule has 1 aliphatic rings. The topological polar surface area (TPSA) is 71.7 Å². The number of fused-ring (bicyclic) bond motifs is 1. The molecule has 0 spiro atoms. The van der Waals surface area contributed by atoms with Crippen molar-refractivity contribution in [2.45, 2.75) is 25.6 Å². The van der Waals surface area contributed by atoms with Gasteiger partial charge in [-0.15, -0.1) is 0 Å². The second kappa shape index (κ2) is 6.76. The van der Waals surface area contributed by atoms with Gasteiger partial charge in [-0.3, -0.25) is 13.9 Å². The molecule has 1 aliphatic heterocycles. The van der Waals surface area contributed by atoms with E-state index in [9.17, 15) is 9.59 Å². The van der Waals surface area contributed by atoms with Crippen LogP contribution in [0.3, 0.4) is 0 Å². The van der Waals surface area contributed by atoms with Crippen molar-refractivity contribution in [2.75, 3.05) is 13.7 Å². The zero-order valence-corrected chi connectivity index (χ0v) is 14.8. The lowest BCUT2D eigenvalue weighted by Crippen LogP contribution is -2.44. The zero-order chi connectivity index (χ0) is 18.1. The Bertz CT molecular complexity index is 882. The molecule has 2 unspecified atom stereocenters. The maximum Gasteiger partial charge on any atom is 0.333 e. The molecule has 1 aromatic heterocycles. The Morgan fingerprint density at radius 1 is 1.16 bits per heavy atom. The van der Waals surface area contributed by atoms with E-state index in [0.29, 0.717) is 18.6 Å². The minimum atomic E-state index is -0.512. The summed E-state index contributed by atoms with van der Waals surface area (Å²) >= 11 is 0. The summed E-state index contributed by atoms with van der Waals surface area (Å²) in [6, 6.07) is 7.55. The van der Waals surface area contributed by atoms with Crippen LogP contribution in [0.4, 0.5) is 0 Å². The van der Waals surface area contributed by atoms with Gasteiger partial charge < -0.3 is 14.2 Å². The smallest absolute Gasteiger partial charge is 0.333 e. The molecule has 0 bridgehead atoms. The number of rotatable bonds is 4. The van der Waals surface area contributed by atoms with Crippen molar-refractivity contribution in [1.82, 2.24) is 9.13 Å². The Morgan fingerprint density at radius 2 is 1.84 bits per heavy atom. The van der Waals surface area contributed by atoms with E-state index in [0.717, 1.165) is 15.9 Å². The van der Waals surface area contributed by atoms with Crippen LogP contribution in [0, 0.1) is 0 Å². The molecule has 0 N–H and O–H groups in total. The van der Waals surface area contributed by atoms with Crippen molar-refractivity contribution < 1.29 is 14.2 Å². The minimum Gasteiger partial charge on any atom is -0.497 e. The van der Waals surface area contributed by atoms with Gasteiger partial charge in [-0.25, -0.2) is 4.79 Å². The lowest BCUT2D eigenvalue weighted by atomic mass is 9.87. The van der Waals surface area contributed by atoms with E-state index >= 15 is 0 Å². The van der Waals surface area contributed by atoms with Crippen molar-refractivity contribution in [3.63, 3.8) is 0 Å². The van der Waals surface area contributed by atoms with Gasteiger partial charge in [0, 0.05) is 33.0 Å². The highest BCUT2D eigenvalue weighted by Gasteiger charge is 2.35. The Kier molecular flexibility index (Phi) is 4.67. The van der Waals surface area contributed by atoms with Crippen molar-refractivity contribution in [3.05, 3.63) is 56.2 Å². The van der Waals surface area contributed by atoms with E-state index in [1.165, 1.54) is 11.6 Å². The molecule has 25 heavy (non-hydrogen) atoms. The maximum atomic E-state index is 12.8. The predicted octanol–water partition coefficient (Wildman–Crippen LogP) is 1.37. The Labute approximate surface area is 145 Å². The third-order valence-corrected chi connectivity index (χ3v) is 4.53. The van der Waals surface area contributed by atoms with Crippen LogP contribution in [0.5, 0.6) is 11.6 Å². The van der Waals surface area contributed by atoms with E-state index in [1.807, 2.05) is 31.2 Å². The second-order valence-corrected chi connectivity index (χ2v) is 5.99. The van der Waals surface area contributed by atoms with Crippen molar-refractivity contribution in [2.24, 2.45) is 14.1 Å². The van der Waals surface area contributed by atoms with E-state index in [4.69, 9.17) is 14.2 Å². The summed E-state index contributed by atoms with van der Waals surface area (Å²) in [7, 11) is 4.68. The number of hydrogen-bond donors (Lipinski definition) is 0. The molecule has 7 heteroatoms. The Balaban J connectivity index is 2.19. The summed E-state index contributed by atoms with van der Waals surface area (Å²) in [6.45, 7) is 2.36. The maximum absolute atomic E-state index is 12.8. The van der Waals surface area contributed by atoms with Crippen molar-refractivity contribution in [1.29, 1.82) is 0 Å². The van der Waals surface area contributed by atoms with E-state index < -0.39 is 12.0 Å². The Hall–Kier alpha value is -2.54. The summed E-state index contributed by atoms with van der Waals surface area (Å²) in [5.41, 5.74) is 0.666. The van der Waals surface area contributed by atoms with Crippen LogP contribution in [0.1, 0.15) is 30.4 Å². The minimum absolute atomic E-state index is 0.225. The third kappa shape index (κ3) is 2.95. The average Bonchev–Trinajstić information content (AvgIpc) is 2.64. The summed E-state index contributed by atoms with van der Waals surface area (Å²) < 4.78 is 19.1. The molecule has 0 aliphatic carbocycles. The number of ether oxygens (including phenoxy) is 3. The first-order chi connectivity index (χ1) is 12.0. The molecule has 3 rings (SSSR count). The van der Waals surface area contributed by atoms with Crippen LogP contribution in [-0.4, -0.2) is 29.1 Å². The van der Waals surface area contributed by atoms with Crippen LogP contribution < -0.4 is 20.7 Å². The highest BCUT2D eigenvalue weighted by Crippen LogP contribution is 2.38. The van der Waals surface area contributed by atoms with Gasteiger partial charge in [0.15, 0.2) is 0 Å². The molecular weight excluding hydrogens is 324 g/mol. The quantitative estimate of drug-likeness (QED) is 0.836. The number of hydrogen-bond acceptors (Lipinski definition) is 5. The molecule has 0 radical (unpaired) electrons. The third-order valence-electron chi connectivity index (χ3n) is 4.53. The monoisotopic (exact) mass is 346 g/mol. The van der Waals surface area contributed by atoms with Crippen LogP contribution >= 0.6 is 0 Å². The number of nitrogens with zero attached hydrogens (tertiary/aromatic N) is 2. The fraction of sp³-hybridized carbons (Fsp3) is 0.444. The van der Waals surface area contributed by atoms with Gasteiger partial charge in [0.25, 0.3) is 5.56 Å². The van der Waals surface area contributed by atoms with E-state index in [1.54, 1.807) is 14.2 Å². The number of aromatic nitrogens is 2. The van der Waals surface area contributed by atoms with Gasteiger partial charge in [-0.1, -0.05) is 12.1 Å². The molecule has 0 saturated heterocycles. The Morgan fingerprint density at radius 3 is 2.44 bits per heavy atom. The van der Waals surface area contributed by atoms with Gasteiger partial charge in [-0.2, -0.15) is 0 Å². The highest BCUT2D eigenvalue weighted by molar-refractivity contribution is 5.41. The number of benzene rings is 1. The van der Waals surface area contributed by atoms with Crippen LogP contribution in [-0.2, 0) is 18.8 Å². The average molecular weight is 346 g/mol. The van der Waals surface area contributed by atoms with Gasteiger partial charge >= 0.3 is 5.69 Å². The first-order valence-electron chi connectivity index (χ1n) is 8.20. The fourth-order valence-corrected chi connectivity index (χ4v) is 3.20. The molecule has 2 aromatic rings. The van der Waals surface area contributed by atoms with E-state index in [2.05, 4.69) is 0 Å². The first-order valence-corrected chi connectivity index (χ1v) is 8.20.